The van der Waals surface area contributed by atoms with E-state index in [0.717, 1.165) is 17.2 Å². The molecule has 0 fully saturated rings. The normalized spacial score (nSPS) is 10.5. The smallest absolute Gasteiger partial charge is 0.306 e. The zero-order valence-corrected chi connectivity index (χ0v) is 10.1. The molecule has 0 amide bonds. The number of rotatable bonds is 5. The van der Waals surface area contributed by atoms with Gasteiger partial charge in [-0.1, -0.05) is 0 Å². The van der Waals surface area contributed by atoms with Gasteiger partial charge in [0.25, 0.3) is 0 Å². The van der Waals surface area contributed by atoms with Gasteiger partial charge in [-0.2, -0.15) is 0 Å². The van der Waals surface area contributed by atoms with Crippen LogP contribution in [0, 0.1) is 0 Å². The summed E-state index contributed by atoms with van der Waals surface area (Å²) in [5.74, 6) is -0.231. The summed E-state index contributed by atoms with van der Waals surface area (Å²) in [5, 5.41) is 0.789. The van der Waals surface area contributed by atoms with E-state index >= 15 is 0 Å². The van der Waals surface area contributed by atoms with E-state index in [9.17, 15) is 9.59 Å². The molecule has 0 atom stereocenters. The van der Waals surface area contributed by atoms with E-state index in [4.69, 9.17) is 4.74 Å². The van der Waals surface area contributed by atoms with Crippen LogP contribution in [0.3, 0.4) is 0 Å². The summed E-state index contributed by atoms with van der Waals surface area (Å²) in [5.41, 5.74) is 2.16. The second-order valence-electron chi connectivity index (χ2n) is 3.86. The quantitative estimate of drug-likeness (QED) is 0.645. The van der Waals surface area contributed by atoms with Gasteiger partial charge in [-0.15, -0.1) is 0 Å². The summed E-state index contributed by atoms with van der Waals surface area (Å²) >= 11 is 0. The minimum atomic E-state index is -0.231. The fraction of sp³-hybridized carbons (Fsp3) is 0.308. The summed E-state index contributed by atoms with van der Waals surface area (Å²) in [6.45, 7) is 2.16. The van der Waals surface area contributed by atoms with Crippen molar-refractivity contribution in [1.82, 2.24) is 9.97 Å². The molecule has 2 aromatic heterocycles. The zero-order valence-electron chi connectivity index (χ0n) is 10.1. The van der Waals surface area contributed by atoms with E-state index < -0.39 is 0 Å². The van der Waals surface area contributed by atoms with E-state index in [1.807, 2.05) is 6.07 Å². The van der Waals surface area contributed by atoms with Gasteiger partial charge in [0.15, 0.2) is 6.29 Å². The molecular formula is C13H14N2O3. The number of esters is 1. The number of aryl methyl sites for hydroxylation is 1. The van der Waals surface area contributed by atoms with Crippen LogP contribution in [0.1, 0.15) is 29.3 Å². The number of carbonyl (C=O) groups excluding carboxylic acids is 2. The Morgan fingerprint density at radius 2 is 2.39 bits per heavy atom. The molecule has 0 saturated heterocycles. The summed E-state index contributed by atoms with van der Waals surface area (Å²) in [4.78, 5) is 29.3. The molecule has 2 rings (SSSR count). The number of aldehydes is 1. The molecular weight excluding hydrogens is 232 g/mol. The van der Waals surface area contributed by atoms with Gasteiger partial charge in [-0.25, -0.2) is 4.98 Å². The molecule has 0 unspecified atom stereocenters. The molecule has 0 aliphatic rings. The van der Waals surface area contributed by atoms with Crippen molar-refractivity contribution in [2.75, 3.05) is 6.61 Å². The number of pyridine rings is 1. The fourth-order valence-electron chi connectivity index (χ4n) is 1.92. The number of fused-ring (bicyclic) bond motifs is 1. The number of nitrogens with one attached hydrogen (secondary N) is 1. The van der Waals surface area contributed by atoms with Crippen LogP contribution in [0.5, 0.6) is 0 Å². The minimum Gasteiger partial charge on any atom is -0.466 e. The molecule has 0 saturated carbocycles. The van der Waals surface area contributed by atoms with Gasteiger partial charge in [0.2, 0.25) is 0 Å². The van der Waals surface area contributed by atoms with Crippen LogP contribution in [0.4, 0.5) is 0 Å². The van der Waals surface area contributed by atoms with Crippen molar-refractivity contribution in [3.8, 4) is 0 Å². The first-order valence-electron chi connectivity index (χ1n) is 5.82. The van der Waals surface area contributed by atoms with Crippen molar-refractivity contribution in [2.24, 2.45) is 0 Å². The van der Waals surface area contributed by atoms with Crippen molar-refractivity contribution in [3.05, 3.63) is 29.6 Å². The van der Waals surface area contributed by atoms with Crippen LogP contribution in [0.25, 0.3) is 11.0 Å². The van der Waals surface area contributed by atoms with Gasteiger partial charge < -0.3 is 9.72 Å². The predicted octanol–water partition coefficient (Wildman–Crippen LogP) is 1.87. The summed E-state index contributed by atoms with van der Waals surface area (Å²) in [6, 6.07) is 1.82. The molecule has 2 aromatic rings. The van der Waals surface area contributed by atoms with Gasteiger partial charge in [0.1, 0.15) is 5.65 Å². The third kappa shape index (κ3) is 2.40. The highest BCUT2D eigenvalue weighted by Gasteiger charge is 2.10. The van der Waals surface area contributed by atoms with E-state index in [1.165, 1.54) is 0 Å². The maximum absolute atomic E-state index is 11.3. The number of H-pyrrole nitrogens is 1. The Morgan fingerprint density at radius 1 is 1.56 bits per heavy atom. The number of nitrogens with zero attached hydrogens (tertiary/aromatic N) is 1. The Bertz CT molecular complexity index is 575. The lowest BCUT2D eigenvalue weighted by Crippen LogP contribution is -2.05. The van der Waals surface area contributed by atoms with Gasteiger partial charge in [-0.3, -0.25) is 9.59 Å². The molecule has 5 heteroatoms. The third-order valence-electron chi connectivity index (χ3n) is 2.72. The van der Waals surface area contributed by atoms with Crippen molar-refractivity contribution >= 4 is 23.3 Å². The third-order valence-corrected chi connectivity index (χ3v) is 2.72. The van der Waals surface area contributed by atoms with Crippen molar-refractivity contribution < 1.29 is 14.3 Å². The van der Waals surface area contributed by atoms with Crippen LogP contribution in [-0.4, -0.2) is 28.8 Å². The molecule has 0 radical (unpaired) electrons. The Balaban J connectivity index is 2.24. The highest BCUT2D eigenvalue weighted by Crippen LogP contribution is 2.20. The van der Waals surface area contributed by atoms with Gasteiger partial charge in [0.05, 0.1) is 6.61 Å². The van der Waals surface area contributed by atoms with Crippen LogP contribution in [-0.2, 0) is 16.0 Å². The summed E-state index contributed by atoms with van der Waals surface area (Å²) in [6.07, 6.45) is 4.91. The number of aromatic nitrogens is 2. The molecule has 94 valence electrons. The zero-order chi connectivity index (χ0) is 13.0. The Labute approximate surface area is 104 Å². The SMILES string of the molecule is CCOC(=O)CCc1ccnc2[nH]cc(C=O)c12. The molecule has 0 aliphatic carbocycles. The number of hydrogen-bond acceptors (Lipinski definition) is 4. The van der Waals surface area contributed by atoms with E-state index in [0.29, 0.717) is 30.7 Å². The monoisotopic (exact) mass is 246 g/mol. The Hall–Kier alpha value is -2.17. The average molecular weight is 246 g/mol. The summed E-state index contributed by atoms with van der Waals surface area (Å²) in [7, 11) is 0. The average Bonchev–Trinajstić information content (AvgIpc) is 2.80. The van der Waals surface area contributed by atoms with Crippen LogP contribution in [0.2, 0.25) is 0 Å². The van der Waals surface area contributed by atoms with Crippen molar-refractivity contribution in [1.29, 1.82) is 0 Å². The number of hydrogen-bond donors (Lipinski definition) is 1. The number of ether oxygens (including phenoxy) is 1. The van der Waals surface area contributed by atoms with E-state index in [-0.39, 0.29) is 5.97 Å². The highest BCUT2D eigenvalue weighted by atomic mass is 16.5. The molecule has 5 nitrogen and oxygen atoms in total. The summed E-state index contributed by atoms with van der Waals surface area (Å²) < 4.78 is 4.88. The lowest BCUT2D eigenvalue weighted by Gasteiger charge is -2.04. The first-order chi connectivity index (χ1) is 8.76. The first-order valence-corrected chi connectivity index (χ1v) is 5.82. The molecule has 1 N–H and O–H groups in total. The van der Waals surface area contributed by atoms with Gasteiger partial charge in [0, 0.05) is 29.8 Å². The van der Waals surface area contributed by atoms with Crippen LogP contribution >= 0.6 is 0 Å². The minimum absolute atomic E-state index is 0.231. The highest BCUT2D eigenvalue weighted by molar-refractivity contribution is 5.97. The van der Waals surface area contributed by atoms with Crippen LogP contribution in [0.15, 0.2) is 18.5 Å². The standard InChI is InChI=1S/C13H14N2O3/c1-2-18-11(17)4-3-9-5-6-14-13-12(9)10(8-16)7-15-13/h5-8H,2-4H2,1H3,(H,14,15). The predicted molar refractivity (Wildman–Crippen MR) is 66.4 cm³/mol. The number of aromatic amines is 1. The van der Waals surface area contributed by atoms with Crippen molar-refractivity contribution in [2.45, 2.75) is 19.8 Å². The molecule has 0 aromatic carbocycles. The van der Waals surface area contributed by atoms with Crippen molar-refractivity contribution in [3.63, 3.8) is 0 Å². The molecule has 0 bridgehead atoms. The van der Waals surface area contributed by atoms with E-state index in [2.05, 4.69) is 9.97 Å². The number of carbonyl (C=O) groups is 2. The topological polar surface area (TPSA) is 72.0 Å². The van der Waals surface area contributed by atoms with Gasteiger partial charge in [-0.05, 0) is 25.0 Å². The second-order valence-corrected chi connectivity index (χ2v) is 3.86. The Morgan fingerprint density at radius 3 is 3.11 bits per heavy atom. The van der Waals surface area contributed by atoms with Crippen LogP contribution < -0.4 is 0 Å². The molecule has 0 aliphatic heterocycles. The molecule has 2 heterocycles. The maximum atomic E-state index is 11.3. The first kappa shape index (κ1) is 12.3. The van der Waals surface area contributed by atoms with E-state index in [1.54, 1.807) is 19.3 Å². The Kier molecular flexibility index (Phi) is 3.72. The molecule has 18 heavy (non-hydrogen) atoms. The second kappa shape index (κ2) is 5.44. The largest absolute Gasteiger partial charge is 0.466 e. The lowest BCUT2D eigenvalue weighted by molar-refractivity contribution is -0.143. The van der Waals surface area contributed by atoms with Gasteiger partial charge >= 0.3 is 5.97 Å². The maximum Gasteiger partial charge on any atom is 0.306 e. The fourth-order valence-corrected chi connectivity index (χ4v) is 1.92. The lowest BCUT2D eigenvalue weighted by atomic mass is 10.1. The molecule has 0 spiro atoms.